The van der Waals surface area contributed by atoms with Crippen LogP contribution in [0.25, 0.3) is 0 Å². The van der Waals surface area contributed by atoms with Crippen molar-refractivity contribution >= 4 is 21.2 Å². The Morgan fingerprint density at radius 1 is 1.44 bits per heavy atom. The van der Waals surface area contributed by atoms with Gasteiger partial charge in [-0.25, -0.2) is 18.4 Å². The molecule has 1 saturated carbocycles. The molecule has 1 aliphatic carbocycles. The predicted molar refractivity (Wildman–Crippen MR) is 106 cm³/mol. The first-order chi connectivity index (χ1) is 12.8. The smallest absolute Gasteiger partial charge is 0.227 e. The van der Waals surface area contributed by atoms with Crippen LogP contribution in [0.4, 0.5) is 0 Å². The van der Waals surface area contributed by atoms with E-state index >= 15 is 0 Å². The van der Waals surface area contributed by atoms with Crippen LogP contribution in [0.2, 0.25) is 0 Å². The molecule has 0 N–H and O–H groups in total. The van der Waals surface area contributed by atoms with Crippen LogP contribution < -0.4 is 0 Å². The first-order valence-corrected chi connectivity index (χ1v) is 11.7. The molecule has 1 fully saturated rings. The molecule has 0 aromatic carbocycles. The van der Waals surface area contributed by atoms with Crippen molar-refractivity contribution in [2.75, 3.05) is 26.5 Å². The van der Waals surface area contributed by atoms with Gasteiger partial charge in [0, 0.05) is 31.3 Å². The third-order valence-electron chi connectivity index (χ3n) is 4.92. The lowest BCUT2D eigenvalue weighted by Crippen LogP contribution is -2.25. The molecule has 0 spiro atoms. The third-order valence-corrected chi connectivity index (χ3v) is 7.84. The lowest BCUT2D eigenvalue weighted by molar-refractivity contribution is 0.180. The minimum atomic E-state index is -3.37. The molecule has 0 bridgehead atoms. The lowest BCUT2D eigenvalue weighted by atomic mass is 10.3. The summed E-state index contributed by atoms with van der Waals surface area (Å²) in [6.45, 7) is 5.61. The fourth-order valence-electron chi connectivity index (χ4n) is 3.00. The standard InChI is InChI=1S/C18H28N4O3S2/c1-13-11-26-17(20-13)14(2)21(3)10-16-9-19-18(22(16)7-8-25-4)27(23,24)12-15-5-6-15/h9,11,14-15H,5-8,10,12H2,1-4H3. The predicted octanol–water partition coefficient (Wildman–Crippen LogP) is 2.67. The molecule has 2 aromatic rings. The zero-order valence-corrected chi connectivity index (χ0v) is 18.0. The number of aromatic nitrogens is 3. The molecule has 0 aliphatic heterocycles. The van der Waals surface area contributed by atoms with Crippen LogP contribution in [0.5, 0.6) is 0 Å². The summed E-state index contributed by atoms with van der Waals surface area (Å²) < 4.78 is 32.5. The summed E-state index contributed by atoms with van der Waals surface area (Å²) in [5.41, 5.74) is 1.90. The van der Waals surface area contributed by atoms with E-state index in [0.717, 1.165) is 29.2 Å². The first-order valence-electron chi connectivity index (χ1n) is 9.20. The maximum absolute atomic E-state index is 12.8. The number of thiazole rings is 1. The van der Waals surface area contributed by atoms with Gasteiger partial charge in [-0.15, -0.1) is 11.3 Å². The molecule has 9 heteroatoms. The Morgan fingerprint density at radius 3 is 2.78 bits per heavy atom. The zero-order chi connectivity index (χ0) is 19.6. The van der Waals surface area contributed by atoms with Gasteiger partial charge < -0.3 is 9.30 Å². The fraction of sp³-hybridized carbons (Fsp3) is 0.667. The number of hydrogen-bond donors (Lipinski definition) is 0. The van der Waals surface area contributed by atoms with Crippen LogP contribution in [0.1, 0.15) is 42.2 Å². The van der Waals surface area contributed by atoms with Crippen molar-refractivity contribution < 1.29 is 13.2 Å². The number of aryl methyl sites for hydroxylation is 1. The van der Waals surface area contributed by atoms with Gasteiger partial charge in [0.2, 0.25) is 15.0 Å². The number of nitrogens with zero attached hydrogens (tertiary/aromatic N) is 4. The average molecular weight is 413 g/mol. The lowest BCUT2D eigenvalue weighted by Gasteiger charge is -2.23. The van der Waals surface area contributed by atoms with E-state index < -0.39 is 9.84 Å². The van der Waals surface area contributed by atoms with Gasteiger partial charge in [0.1, 0.15) is 5.01 Å². The average Bonchev–Trinajstić information content (AvgIpc) is 3.15. The van der Waals surface area contributed by atoms with Crippen molar-refractivity contribution in [3.05, 3.63) is 28.0 Å². The molecule has 7 nitrogen and oxygen atoms in total. The van der Waals surface area contributed by atoms with E-state index in [9.17, 15) is 8.42 Å². The molecule has 150 valence electrons. The normalized spacial score (nSPS) is 16.2. The molecule has 27 heavy (non-hydrogen) atoms. The second-order valence-corrected chi connectivity index (χ2v) is 10.1. The quantitative estimate of drug-likeness (QED) is 0.597. The van der Waals surface area contributed by atoms with Crippen molar-refractivity contribution in [2.24, 2.45) is 5.92 Å². The minimum Gasteiger partial charge on any atom is -0.383 e. The maximum Gasteiger partial charge on any atom is 0.227 e. The number of hydrogen-bond acceptors (Lipinski definition) is 7. The Labute approximate surface area is 165 Å². The Bertz CT molecular complexity index is 871. The molecule has 3 rings (SSSR count). The van der Waals surface area contributed by atoms with Crippen LogP contribution in [0.3, 0.4) is 0 Å². The Morgan fingerprint density at radius 2 is 2.19 bits per heavy atom. The van der Waals surface area contributed by atoms with Crippen LogP contribution in [-0.2, 0) is 27.7 Å². The van der Waals surface area contributed by atoms with Gasteiger partial charge in [-0.1, -0.05) is 0 Å². The van der Waals surface area contributed by atoms with E-state index in [4.69, 9.17) is 4.74 Å². The summed E-state index contributed by atoms with van der Waals surface area (Å²) in [6, 6.07) is 0.140. The highest BCUT2D eigenvalue weighted by Gasteiger charge is 2.32. The highest BCUT2D eigenvalue weighted by molar-refractivity contribution is 7.91. The maximum atomic E-state index is 12.8. The van der Waals surface area contributed by atoms with Crippen LogP contribution in [0, 0.1) is 12.8 Å². The number of ether oxygens (including phenoxy) is 1. The monoisotopic (exact) mass is 412 g/mol. The van der Waals surface area contributed by atoms with Crippen LogP contribution >= 0.6 is 11.3 Å². The zero-order valence-electron chi connectivity index (χ0n) is 16.4. The van der Waals surface area contributed by atoms with Crippen molar-refractivity contribution in [2.45, 2.75) is 51.0 Å². The van der Waals surface area contributed by atoms with E-state index in [2.05, 4.69) is 21.8 Å². The first kappa shape index (κ1) is 20.4. The van der Waals surface area contributed by atoms with Crippen LogP contribution in [0.15, 0.2) is 16.7 Å². The highest BCUT2D eigenvalue weighted by atomic mass is 32.2. The van der Waals surface area contributed by atoms with Crippen molar-refractivity contribution in [3.63, 3.8) is 0 Å². The highest BCUT2D eigenvalue weighted by Crippen LogP contribution is 2.32. The van der Waals surface area contributed by atoms with Gasteiger partial charge >= 0.3 is 0 Å². The molecule has 2 heterocycles. The molecular weight excluding hydrogens is 384 g/mol. The topological polar surface area (TPSA) is 77.3 Å². The molecule has 1 atom stereocenters. The van der Waals surface area contributed by atoms with Gasteiger partial charge in [0.05, 0.1) is 30.3 Å². The molecular formula is C18H28N4O3S2. The van der Waals surface area contributed by atoms with Crippen molar-refractivity contribution in [1.29, 1.82) is 0 Å². The van der Waals surface area contributed by atoms with Gasteiger partial charge in [-0.3, -0.25) is 4.90 Å². The van der Waals surface area contributed by atoms with Gasteiger partial charge in [-0.2, -0.15) is 0 Å². The summed E-state index contributed by atoms with van der Waals surface area (Å²) in [5, 5.41) is 3.28. The minimum absolute atomic E-state index is 0.140. The molecule has 1 aliphatic rings. The Balaban J connectivity index is 1.81. The van der Waals surface area contributed by atoms with E-state index in [1.807, 2.05) is 19.4 Å². The van der Waals surface area contributed by atoms with Crippen molar-refractivity contribution in [3.8, 4) is 0 Å². The molecule has 0 amide bonds. The summed E-state index contributed by atoms with van der Waals surface area (Å²) in [6.07, 6.45) is 3.68. The molecule has 0 saturated heterocycles. The summed E-state index contributed by atoms with van der Waals surface area (Å²) >= 11 is 1.65. The van der Waals surface area contributed by atoms with Gasteiger partial charge in [0.25, 0.3) is 0 Å². The second kappa shape index (κ2) is 8.38. The molecule has 0 radical (unpaired) electrons. The summed E-state index contributed by atoms with van der Waals surface area (Å²) in [5.74, 6) is 0.489. The van der Waals surface area contributed by atoms with Crippen molar-refractivity contribution in [1.82, 2.24) is 19.4 Å². The van der Waals surface area contributed by atoms with Gasteiger partial charge in [-0.05, 0) is 39.7 Å². The van der Waals surface area contributed by atoms with E-state index in [1.54, 1.807) is 29.2 Å². The number of methoxy groups -OCH3 is 1. The van der Waals surface area contributed by atoms with E-state index in [-0.39, 0.29) is 17.0 Å². The van der Waals surface area contributed by atoms with Crippen LogP contribution in [-0.4, -0.2) is 54.4 Å². The second-order valence-electron chi connectivity index (χ2n) is 7.32. The SMILES string of the molecule is COCCn1c(CN(C)C(C)c2nc(C)cs2)cnc1S(=O)(=O)CC1CC1. The number of rotatable bonds is 10. The fourth-order valence-corrected chi connectivity index (χ4v) is 5.78. The summed E-state index contributed by atoms with van der Waals surface area (Å²) in [7, 11) is 0.266. The van der Waals surface area contributed by atoms with Gasteiger partial charge in [0.15, 0.2) is 0 Å². The number of imidazole rings is 1. The Hall–Kier alpha value is -1.29. The van der Waals surface area contributed by atoms with E-state index in [0.29, 0.717) is 25.6 Å². The molecule has 1 unspecified atom stereocenters. The molecule has 2 aromatic heterocycles. The number of sulfone groups is 1. The van der Waals surface area contributed by atoms with E-state index in [1.165, 1.54) is 0 Å². The summed E-state index contributed by atoms with van der Waals surface area (Å²) in [4.78, 5) is 11.0. The Kier molecular flexibility index (Phi) is 6.35. The third kappa shape index (κ3) is 4.96. The largest absolute Gasteiger partial charge is 0.383 e.